The molecule has 0 amide bonds. The Hall–Kier alpha value is -1.39. The Bertz CT molecular complexity index is 603. The zero-order chi connectivity index (χ0) is 13.1. The second-order valence-corrected chi connectivity index (χ2v) is 5.59. The molecule has 0 spiro atoms. The van der Waals surface area contributed by atoms with Crippen molar-refractivity contribution in [3.8, 4) is 0 Å². The fraction of sp³-hybridized carbons (Fsp3) is 0.0769. The van der Waals surface area contributed by atoms with E-state index in [9.17, 15) is 8.60 Å². The van der Waals surface area contributed by atoms with E-state index < -0.39 is 16.6 Å². The van der Waals surface area contributed by atoms with Crippen LogP contribution >= 0.6 is 11.6 Å². The maximum Gasteiger partial charge on any atom is 0.124 e. The zero-order valence-corrected chi connectivity index (χ0v) is 11.0. The van der Waals surface area contributed by atoms with Crippen LogP contribution in [0.25, 0.3) is 0 Å². The monoisotopic (exact) mass is 283 g/mol. The maximum absolute atomic E-state index is 12.9. The van der Waals surface area contributed by atoms with Gasteiger partial charge in [-0.25, -0.2) is 4.39 Å². The third kappa shape index (κ3) is 2.89. The lowest BCUT2D eigenvalue weighted by Crippen LogP contribution is -2.01. The molecule has 2 nitrogen and oxygen atoms in total. The number of nitrogens with two attached hydrogens (primary N) is 1. The van der Waals surface area contributed by atoms with Gasteiger partial charge in [-0.15, -0.1) is 0 Å². The van der Waals surface area contributed by atoms with Crippen LogP contribution in [0, 0.1) is 5.82 Å². The van der Waals surface area contributed by atoms with Gasteiger partial charge in [0.25, 0.3) is 0 Å². The molecule has 0 heterocycles. The van der Waals surface area contributed by atoms with Gasteiger partial charge in [-0.2, -0.15) is 0 Å². The van der Waals surface area contributed by atoms with E-state index in [-0.39, 0.29) is 10.8 Å². The summed E-state index contributed by atoms with van der Waals surface area (Å²) in [4.78, 5) is 0.567. The molecular weight excluding hydrogens is 273 g/mol. The van der Waals surface area contributed by atoms with Crippen molar-refractivity contribution >= 4 is 28.1 Å². The lowest BCUT2D eigenvalue weighted by Gasteiger charge is -2.07. The summed E-state index contributed by atoms with van der Waals surface area (Å²) >= 11 is 5.90. The van der Waals surface area contributed by atoms with Crippen molar-refractivity contribution in [3.63, 3.8) is 0 Å². The number of anilines is 1. The second kappa shape index (κ2) is 5.50. The highest BCUT2D eigenvalue weighted by Crippen LogP contribution is 2.23. The Morgan fingerprint density at radius 1 is 1.22 bits per heavy atom. The molecule has 2 rings (SSSR count). The number of para-hydroxylation sites is 1. The van der Waals surface area contributed by atoms with Crippen LogP contribution < -0.4 is 5.73 Å². The van der Waals surface area contributed by atoms with E-state index in [2.05, 4.69) is 0 Å². The molecular formula is C13H11ClFNOS. The smallest absolute Gasteiger partial charge is 0.124 e. The van der Waals surface area contributed by atoms with Crippen molar-refractivity contribution in [2.75, 3.05) is 5.73 Å². The Balaban J connectivity index is 2.24. The molecule has 1 atom stereocenters. The molecule has 0 aliphatic heterocycles. The summed E-state index contributed by atoms with van der Waals surface area (Å²) in [5, 5.41) is 0.276. The summed E-state index contributed by atoms with van der Waals surface area (Å²) in [5.41, 5.74) is 6.87. The molecule has 2 aromatic carbocycles. The molecule has 1 unspecified atom stereocenters. The fourth-order valence-electron chi connectivity index (χ4n) is 1.55. The largest absolute Gasteiger partial charge is 0.398 e. The fourth-order valence-corrected chi connectivity index (χ4v) is 3.11. The van der Waals surface area contributed by atoms with E-state index in [4.69, 9.17) is 17.3 Å². The van der Waals surface area contributed by atoms with E-state index in [0.717, 1.165) is 0 Å². The van der Waals surface area contributed by atoms with Crippen LogP contribution in [0.4, 0.5) is 10.1 Å². The van der Waals surface area contributed by atoms with Gasteiger partial charge >= 0.3 is 0 Å². The van der Waals surface area contributed by atoms with E-state index in [1.54, 1.807) is 24.3 Å². The van der Waals surface area contributed by atoms with Crippen molar-refractivity contribution in [2.24, 2.45) is 0 Å². The van der Waals surface area contributed by atoms with E-state index >= 15 is 0 Å². The Morgan fingerprint density at radius 3 is 2.61 bits per heavy atom. The SMILES string of the molecule is Nc1ccccc1S(=O)Cc1ccc(F)cc1Cl. The minimum absolute atomic E-state index is 0.216. The first-order valence-electron chi connectivity index (χ1n) is 5.25. The maximum atomic E-state index is 12.9. The highest BCUT2D eigenvalue weighted by atomic mass is 35.5. The number of benzene rings is 2. The third-order valence-electron chi connectivity index (χ3n) is 2.47. The zero-order valence-electron chi connectivity index (χ0n) is 9.40. The normalized spacial score (nSPS) is 12.3. The second-order valence-electron chi connectivity index (χ2n) is 3.76. The average Bonchev–Trinajstić information content (AvgIpc) is 2.33. The number of hydrogen-bond acceptors (Lipinski definition) is 2. The molecule has 2 N–H and O–H groups in total. The van der Waals surface area contributed by atoms with Crippen LogP contribution in [-0.4, -0.2) is 4.21 Å². The number of hydrogen-bond donors (Lipinski definition) is 1. The van der Waals surface area contributed by atoms with Gasteiger partial charge in [-0.1, -0.05) is 29.8 Å². The first-order chi connectivity index (χ1) is 8.58. The van der Waals surface area contributed by atoms with Crippen LogP contribution in [0.5, 0.6) is 0 Å². The third-order valence-corrected chi connectivity index (χ3v) is 4.25. The van der Waals surface area contributed by atoms with Gasteiger partial charge in [0.2, 0.25) is 0 Å². The van der Waals surface area contributed by atoms with E-state index in [1.165, 1.54) is 18.2 Å². The summed E-state index contributed by atoms with van der Waals surface area (Å²) in [6, 6.07) is 11.0. The first kappa shape index (κ1) is 13.1. The van der Waals surface area contributed by atoms with Gasteiger partial charge in [-0.05, 0) is 29.8 Å². The molecule has 18 heavy (non-hydrogen) atoms. The summed E-state index contributed by atoms with van der Waals surface area (Å²) in [7, 11) is -1.29. The molecule has 0 aliphatic carbocycles. The Kier molecular flexibility index (Phi) is 3.99. The van der Waals surface area contributed by atoms with Crippen molar-refractivity contribution in [1.29, 1.82) is 0 Å². The van der Waals surface area contributed by atoms with Crippen molar-refractivity contribution in [2.45, 2.75) is 10.6 Å². The van der Waals surface area contributed by atoms with E-state index in [1.807, 2.05) is 0 Å². The van der Waals surface area contributed by atoms with Crippen LogP contribution in [0.2, 0.25) is 5.02 Å². The van der Waals surface area contributed by atoms with Crippen LogP contribution in [0.15, 0.2) is 47.4 Å². The van der Waals surface area contributed by atoms with E-state index in [0.29, 0.717) is 16.1 Å². The lowest BCUT2D eigenvalue weighted by atomic mass is 10.2. The van der Waals surface area contributed by atoms with Crippen molar-refractivity contribution in [3.05, 3.63) is 58.9 Å². The van der Waals surface area contributed by atoms with Gasteiger partial charge in [0, 0.05) is 10.7 Å². The average molecular weight is 284 g/mol. The standard InChI is InChI=1S/C13H11ClFNOS/c14-11-7-10(15)6-5-9(11)8-18(17)13-4-2-1-3-12(13)16/h1-7H,8,16H2. The molecule has 0 fully saturated rings. The number of rotatable bonds is 3. The minimum atomic E-state index is -1.29. The Labute approximate surface area is 112 Å². The molecule has 2 aromatic rings. The summed E-state index contributed by atoms with van der Waals surface area (Å²) in [6.07, 6.45) is 0. The molecule has 0 bridgehead atoms. The van der Waals surface area contributed by atoms with Gasteiger partial charge in [0.05, 0.1) is 21.4 Å². The quantitative estimate of drug-likeness (QED) is 0.878. The first-order valence-corrected chi connectivity index (χ1v) is 6.94. The van der Waals surface area contributed by atoms with Gasteiger partial charge in [-0.3, -0.25) is 4.21 Å². The minimum Gasteiger partial charge on any atom is -0.398 e. The topological polar surface area (TPSA) is 43.1 Å². The van der Waals surface area contributed by atoms with Crippen molar-refractivity contribution < 1.29 is 8.60 Å². The number of nitrogen functional groups attached to an aromatic ring is 1. The van der Waals surface area contributed by atoms with Crippen molar-refractivity contribution in [1.82, 2.24) is 0 Å². The van der Waals surface area contributed by atoms with Crippen LogP contribution in [0.1, 0.15) is 5.56 Å². The molecule has 0 saturated heterocycles. The summed E-state index contributed by atoms with van der Waals surface area (Å²) < 4.78 is 25.0. The molecule has 0 saturated carbocycles. The van der Waals surface area contributed by atoms with Crippen LogP contribution in [-0.2, 0) is 16.6 Å². The summed E-state index contributed by atoms with van der Waals surface area (Å²) in [5.74, 6) is -0.193. The number of halogens is 2. The predicted octanol–water partition coefficient (Wildman–Crippen LogP) is 3.37. The molecule has 0 aliphatic rings. The van der Waals surface area contributed by atoms with Gasteiger partial charge < -0.3 is 5.73 Å². The highest BCUT2D eigenvalue weighted by Gasteiger charge is 2.11. The summed E-state index contributed by atoms with van der Waals surface area (Å²) in [6.45, 7) is 0. The van der Waals surface area contributed by atoms with Gasteiger partial charge in [0.15, 0.2) is 0 Å². The molecule has 5 heteroatoms. The van der Waals surface area contributed by atoms with Gasteiger partial charge in [0.1, 0.15) is 5.82 Å². The molecule has 94 valence electrons. The predicted molar refractivity (Wildman–Crippen MR) is 72.4 cm³/mol. The Morgan fingerprint density at radius 2 is 1.94 bits per heavy atom. The molecule has 0 radical (unpaired) electrons. The lowest BCUT2D eigenvalue weighted by molar-refractivity contribution is 0.627. The van der Waals surface area contributed by atoms with Crippen LogP contribution in [0.3, 0.4) is 0 Å². The highest BCUT2D eigenvalue weighted by molar-refractivity contribution is 7.84. The molecule has 0 aromatic heterocycles.